The van der Waals surface area contributed by atoms with Gasteiger partial charge in [0.15, 0.2) is 0 Å². The summed E-state index contributed by atoms with van der Waals surface area (Å²) in [4.78, 5) is 0. The second kappa shape index (κ2) is 14.0. The van der Waals surface area contributed by atoms with Crippen molar-refractivity contribution in [2.75, 3.05) is 5.88 Å². The van der Waals surface area contributed by atoms with Gasteiger partial charge in [0.1, 0.15) is 0 Å². The largest absolute Gasteiger partial charge is 0.404 e. The molecule has 1 aliphatic rings. The molecule has 1 aliphatic carbocycles. The number of hydrogen-bond donors (Lipinski definition) is 0. The van der Waals surface area contributed by atoms with E-state index in [-0.39, 0.29) is 22.3 Å². The van der Waals surface area contributed by atoms with Crippen LogP contribution in [0.1, 0.15) is 54.4 Å². The van der Waals surface area contributed by atoms with Crippen LogP contribution in [0, 0.1) is 0 Å². The Bertz CT molecular complexity index is 1530. The highest BCUT2D eigenvalue weighted by Gasteiger charge is 2.55. The molecule has 1 fully saturated rings. The summed E-state index contributed by atoms with van der Waals surface area (Å²) in [5.74, 6) is 0.423. The molecule has 0 aliphatic heterocycles. The van der Waals surface area contributed by atoms with Crippen LogP contribution in [0.3, 0.4) is 0 Å². The van der Waals surface area contributed by atoms with Crippen LogP contribution in [0.15, 0.2) is 145 Å². The van der Waals surface area contributed by atoms with Gasteiger partial charge in [-0.3, -0.25) is 0 Å². The second-order valence-electron chi connectivity index (χ2n) is 14.5. The lowest BCUT2D eigenvalue weighted by molar-refractivity contribution is 0.102. The van der Waals surface area contributed by atoms with Gasteiger partial charge in [-0.1, -0.05) is 176 Å². The molecular formula is C41H49ClO2Si2. The van der Waals surface area contributed by atoms with Crippen LogP contribution < -0.4 is 20.7 Å². The molecule has 0 N–H and O–H groups in total. The van der Waals surface area contributed by atoms with Crippen LogP contribution in [0.4, 0.5) is 0 Å². The van der Waals surface area contributed by atoms with Crippen molar-refractivity contribution in [3.63, 3.8) is 0 Å². The first kappa shape index (κ1) is 34.3. The smallest absolute Gasteiger partial charge is 0.261 e. The summed E-state index contributed by atoms with van der Waals surface area (Å²) in [6.07, 6.45) is 3.31. The Balaban J connectivity index is 1.65. The van der Waals surface area contributed by atoms with E-state index in [2.05, 4.69) is 176 Å². The summed E-state index contributed by atoms with van der Waals surface area (Å²) in [6, 6.07) is 43.5. The van der Waals surface area contributed by atoms with E-state index in [4.69, 9.17) is 20.5 Å². The van der Waals surface area contributed by atoms with E-state index in [0.29, 0.717) is 5.88 Å². The Morgan fingerprint density at radius 1 is 0.630 bits per heavy atom. The molecule has 2 atom stereocenters. The minimum Gasteiger partial charge on any atom is -0.404 e. The van der Waals surface area contributed by atoms with Crippen molar-refractivity contribution in [2.24, 2.45) is 0 Å². The van der Waals surface area contributed by atoms with E-state index in [0.717, 1.165) is 24.0 Å². The zero-order valence-electron chi connectivity index (χ0n) is 28.3. The Labute approximate surface area is 284 Å². The van der Waals surface area contributed by atoms with Gasteiger partial charge in [-0.05, 0) is 48.4 Å². The molecule has 4 aromatic rings. The number of benzene rings is 4. The van der Waals surface area contributed by atoms with Crippen molar-refractivity contribution in [1.82, 2.24) is 0 Å². The maximum Gasteiger partial charge on any atom is 0.261 e. The molecule has 0 bridgehead atoms. The van der Waals surface area contributed by atoms with Gasteiger partial charge in [0.05, 0.1) is 12.2 Å². The van der Waals surface area contributed by atoms with Gasteiger partial charge in [0.25, 0.3) is 16.6 Å². The van der Waals surface area contributed by atoms with E-state index in [1.54, 1.807) is 0 Å². The van der Waals surface area contributed by atoms with Crippen LogP contribution in [0.2, 0.25) is 10.1 Å². The maximum atomic E-state index is 7.74. The molecule has 2 unspecified atom stereocenters. The average molecular weight is 665 g/mol. The van der Waals surface area contributed by atoms with Crippen molar-refractivity contribution >= 4 is 49.0 Å². The topological polar surface area (TPSA) is 18.5 Å². The third-order valence-electron chi connectivity index (χ3n) is 9.55. The van der Waals surface area contributed by atoms with Crippen LogP contribution in [-0.4, -0.2) is 34.7 Å². The molecule has 0 saturated heterocycles. The number of halogens is 1. The standard InChI is InChI=1S/C41H49ClO2Si2/c1-32-33(28-29-42)30-34(43-45(40(2,3)4,35-20-12-8-13-21-35)36-22-14-9-15-23-36)31-39(32)44-46(41(5,6)7,37-24-16-10-17-25-37)38-26-18-11-19-27-38/h8-28,34,39H,1,29-31H2,2-7H3. The first-order valence-corrected chi connectivity index (χ1v) is 20.8. The zero-order valence-corrected chi connectivity index (χ0v) is 31.1. The van der Waals surface area contributed by atoms with Gasteiger partial charge in [-0.15, -0.1) is 11.6 Å². The Morgan fingerprint density at radius 3 is 1.30 bits per heavy atom. The highest BCUT2D eigenvalue weighted by atomic mass is 35.5. The quantitative estimate of drug-likeness (QED) is 0.132. The van der Waals surface area contributed by atoms with Gasteiger partial charge in [0, 0.05) is 12.3 Å². The predicted octanol–water partition coefficient (Wildman–Crippen LogP) is 8.39. The third-order valence-corrected chi connectivity index (χ3v) is 19.8. The molecule has 5 rings (SSSR count). The molecule has 0 heterocycles. The molecule has 0 spiro atoms. The number of alkyl halides is 1. The van der Waals surface area contributed by atoms with Gasteiger partial charge in [-0.25, -0.2) is 0 Å². The molecule has 4 aromatic carbocycles. The van der Waals surface area contributed by atoms with E-state index in [1.807, 2.05) is 0 Å². The fourth-order valence-corrected chi connectivity index (χ4v) is 17.0. The van der Waals surface area contributed by atoms with Gasteiger partial charge >= 0.3 is 0 Å². The normalized spacial score (nSPS) is 18.9. The lowest BCUT2D eigenvalue weighted by atomic mass is 9.86. The molecule has 0 radical (unpaired) electrons. The maximum absolute atomic E-state index is 7.74. The molecule has 240 valence electrons. The minimum atomic E-state index is -2.85. The van der Waals surface area contributed by atoms with E-state index in [1.165, 1.54) is 20.7 Å². The monoisotopic (exact) mass is 664 g/mol. The van der Waals surface area contributed by atoms with Gasteiger partial charge < -0.3 is 8.85 Å². The van der Waals surface area contributed by atoms with Crippen molar-refractivity contribution < 1.29 is 8.85 Å². The van der Waals surface area contributed by atoms with E-state index in [9.17, 15) is 0 Å². The van der Waals surface area contributed by atoms with Crippen LogP contribution >= 0.6 is 11.6 Å². The molecule has 0 aromatic heterocycles. The minimum absolute atomic E-state index is 0.0746. The summed E-state index contributed by atoms with van der Waals surface area (Å²) in [7, 11) is -5.65. The molecular weight excluding hydrogens is 616 g/mol. The number of hydrogen-bond acceptors (Lipinski definition) is 2. The van der Waals surface area contributed by atoms with Crippen LogP contribution in [0.25, 0.3) is 0 Å². The highest BCUT2D eigenvalue weighted by molar-refractivity contribution is 7.00. The summed E-state index contributed by atoms with van der Waals surface area (Å²) in [6.45, 7) is 18.7. The van der Waals surface area contributed by atoms with Crippen molar-refractivity contribution in [2.45, 2.75) is 76.7 Å². The third kappa shape index (κ3) is 6.56. The fraction of sp³-hybridized carbons (Fsp3) is 0.317. The average Bonchev–Trinajstić information content (AvgIpc) is 3.05. The van der Waals surface area contributed by atoms with Gasteiger partial charge in [0.2, 0.25) is 0 Å². The molecule has 0 amide bonds. The first-order chi connectivity index (χ1) is 21.9. The molecule has 2 nitrogen and oxygen atoms in total. The van der Waals surface area contributed by atoms with E-state index >= 15 is 0 Å². The summed E-state index contributed by atoms with van der Waals surface area (Å²) in [5, 5.41) is 4.81. The first-order valence-electron chi connectivity index (χ1n) is 16.5. The van der Waals surface area contributed by atoms with Gasteiger partial charge in [-0.2, -0.15) is 0 Å². The zero-order chi connectivity index (χ0) is 33.0. The van der Waals surface area contributed by atoms with Crippen LogP contribution in [0.5, 0.6) is 0 Å². The Kier molecular flexibility index (Phi) is 10.5. The molecule has 46 heavy (non-hydrogen) atoms. The predicted molar refractivity (Wildman–Crippen MR) is 202 cm³/mol. The van der Waals surface area contributed by atoms with Crippen molar-refractivity contribution in [3.05, 3.63) is 145 Å². The SMILES string of the molecule is C=C1C(=CCCl)CC(O[Si](c2ccccc2)(c2ccccc2)C(C)(C)C)CC1O[Si](c1ccccc1)(c1ccccc1)C(C)(C)C. The summed E-state index contributed by atoms with van der Waals surface area (Å²) < 4.78 is 15.5. The van der Waals surface area contributed by atoms with Crippen molar-refractivity contribution in [3.8, 4) is 0 Å². The Morgan fingerprint density at radius 2 is 0.978 bits per heavy atom. The van der Waals surface area contributed by atoms with E-state index < -0.39 is 16.6 Å². The second-order valence-corrected chi connectivity index (χ2v) is 23.3. The van der Waals surface area contributed by atoms with Crippen molar-refractivity contribution in [1.29, 1.82) is 0 Å². The lowest BCUT2D eigenvalue weighted by Crippen LogP contribution is -2.69. The highest BCUT2D eigenvalue weighted by Crippen LogP contribution is 2.44. The summed E-state index contributed by atoms with van der Waals surface area (Å²) >= 11 is 6.41. The molecule has 5 heteroatoms. The Hall–Kier alpha value is -3.00. The number of allylic oxidation sites excluding steroid dienone is 1. The molecule has 1 saturated carbocycles. The van der Waals surface area contributed by atoms with Crippen LogP contribution in [-0.2, 0) is 8.85 Å². The lowest BCUT2D eigenvalue weighted by Gasteiger charge is -2.49. The fourth-order valence-electron chi connectivity index (χ4n) is 7.41. The number of rotatable bonds is 9. The summed E-state index contributed by atoms with van der Waals surface area (Å²) in [5.41, 5.74) is 2.17.